The second kappa shape index (κ2) is 7.04. The first kappa shape index (κ1) is 16.5. The van der Waals surface area contributed by atoms with Crippen molar-refractivity contribution in [2.45, 2.75) is 47.2 Å². The van der Waals surface area contributed by atoms with Crippen LogP contribution in [0.3, 0.4) is 0 Å². The Morgan fingerprint density at radius 2 is 1.56 bits per heavy atom. The summed E-state index contributed by atoms with van der Waals surface area (Å²) < 4.78 is 0. The predicted molar refractivity (Wildman–Crippen MR) is 82.3 cm³/mol. The molecule has 0 unspecified atom stereocenters. The topological polar surface area (TPSA) is 41.6 Å². The Kier molecular flexibility index (Phi) is 6.45. The van der Waals surface area contributed by atoms with Crippen molar-refractivity contribution in [1.29, 1.82) is 0 Å². The maximum atomic E-state index is 5.91. The molecule has 1 aliphatic heterocycles. The molecule has 0 spiro atoms. The van der Waals surface area contributed by atoms with Gasteiger partial charge in [-0.15, -0.1) is 0 Å². The van der Waals surface area contributed by atoms with Crippen LogP contribution in [-0.4, -0.2) is 18.5 Å². The van der Waals surface area contributed by atoms with Crippen molar-refractivity contribution in [2.24, 2.45) is 10.7 Å². The van der Waals surface area contributed by atoms with Crippen molar-refractivity contribution in [3.63, 3.8) is 0 Å². The van der Waals surface area contributed by atoms with Gasteiger partial charge in [0.05, 0.1) is 0 Å². The number of aliphatic imine (C=N–C) groups is 1. The van der Waals surface area contributed by atoms with E-state index in [4.69, 9.17) is 5.73 Å². The van der Waals surface area contributed by atoms with Gasteiger partial charge in [-0.1, -0.05) is 39.8 Å². The maximum absolute atomic E-state index is 5.91. The summed E-state index contributed by atoms with van der Waals surface area (Å²) in [4.78, 5) is 6.59. The number of benzene rings is 1. The van der Waals surface area contributed by atoms with Crippen LogP contribution < -0.4 is 10.6 Å². The van der Waals surface area contributed by atoms with Crippen LogP contribution in [0.2, 0.25) is 0 Å². The van der Waals surface area contributed by atoms with Crippen molar-refractivity contribution < 1.29 is 0 Å². The first-order chi connectivity index (χ1) is 8.52. The molecule has 0 atom stereocenters. The van der Waals surface area contributed by atoms with Crippen LogP contribution in [0, 0.1) is 0 Å². The van der Waals surface area contributed by atoms with E-state index in [9.17, 15) is 0 Å². The molecular formula is C15H27N3. The Morgan fingerprint density at radius 1 is 1.06 bits per heavy atom. The molecule has 18 heavy (non-hydrogen) atoms. The average Bonchev–Trinajstić information content (AvgIpc) is 2.40. The second-order valence-electron chi connectivity index (χ2n) is 4.07. The van der Waals surface area contributed by atoms with Crippen LogP contribution in [0.15, 0.2) is 29.3 Å². The highest BCUT2D eigenvalue weighted by Gasteiger charge is 2.29. The highest BCUT2D eigenvalue weighted by molar-refractivity contribution is 6.04. The molecule has 0 saturated heterocycles. The Morgan fingerprint density at radius 3 is 2.11 bits per heavy atom. The van der Waals surface area contributed by atoms with Crippen molar-refractivity contribution in [1.82, 2.24) is 0 Å². The number of rotatable bonds is 0. The Labute approximate surface area is 112 Å². The third-order valence-corrected chi connectivity index (χ3v) is 2.76. The van der Waals surface area contributed by atoms with Gasteiger partial charge in [-0.25, -0.2) is 4.99 Å². The van der Waals surface area contributed by atoms with Crippen LogP contribution in [0.1, 0.15) is 47.1 Å². The molecule has 2 rings (SSSR count). The van der Waals surface area contributed by atoms with Crippen molar-refractivity contribution in [2.75, 3.05) is 11.9 Å². The summed E-state index contributed by atoms with van der Waals surface area (Å²) in [6, 6.07) is 8.07. The molecule has 0 radical (unpaired) electrons. The fourth-order valence-corrected chi connectivity index (χ4v) is 1.71. The zero-order valence-electron chi connectivity index (χ0n) is 12.8. The zero-order valence-corrected chi connectivity index (χ0v) is 12.8. The molecule has 1 heterocycles. The summed E-state index contributed by atoms with van der Waals surface area (Å²) in [7, 11) is 2.04. The van der Waals surface area contributed by atoms with Crippen molar-refractivity contribution >= 4 is 11.5 Å². The van der Waals surface area contributed by atoms with Gasteiger partial charge in [-0.05, 0) is 26.0 Å². The summed E-state index contributed by atoms with van der Waals surface area (Å²) in [6.07, 6.45) is 0. The minimum atomic E-state index is -0.252. The molecule has 1 aromatic carbocycles. The first-order valence-corrected chi connectivity index (χ1v) is 6.71. The number of fused-ring (bicyclic) bond motifs is 1. The van der Waals surface area contributed by atoms with Gasteiger partial charge in [-0.2, -0.15) is 0 Å². The van der Waals surface area contributed by atoms with Crippen LogP contribution in [-0.2, 0) is 0 Å². The van der Waals surface area contributed by atoms with E-state index in [-0.39, 0.29) is 5.66 Å². The molecule has 0 aliphatic carbocycles. The second-order valence-corrected chi connectivity index (χ2v) is 4.07. The average molecular weight is 249 g/mol. The maximum Gasteiger partial charge on any atom is 0.130 e. The normalized spacial score (nSPS) is 15.3. The van der Waals surface area contributed by atoms with E-state index >= 15 is 0 Å². The van der Waals surface area contributed by atoms with Gasteiger partial charge in [0.1, 0.15) is 11.5 Å². The van der Waals surface area contributed by atoms with Gasteiger partial charge in [0.15, 0.2) is 0 Å². The summed E-state index contributed by atoms with van der Waals surface area (Å²) in [6.45, 7) is 12.1. The standard InChI is InChI=1S/C11H15N3.2C2H6/c1-11(2)13-10(12)8-6-4-5-7-9(8)14(11)3;2*1-2/h4-7H,1-3H3,(H2,12,13);2*1-2H3. The van der Waals surface area contributed by atoms with Gasteiger partial charge < -0.3 is 10.6 Å². The molecule has 0 amide bonds. The lowest BCUT2D eigenvalue weighted by Crippen LogP contribution is -2.45. The molecular weight excluding hydrogens is 222 g/mol. The Bertz CT molecular complexity index is 394. The molecule has 0 aromatic heterocycles. The van der Waals surface area contributed by atoms with Crippen LogP contribution in [0.5, 0.6) is 0 Å². The molecule has 0 fully saturated rings. The van der Waals surface area contributed by atoms with E-state index in [0.717, 1.165) is 11.3 Å². The van der Waals surface area contributed by atoms with Gasteiger partial charge in [0.2, 0.25) is 0 Å². The molecule has 3 heteroatoms. The third kappa shape index (κ3) is 3.25. The number of nitrogens with two attached hydrogens (primary N) is 1. The summed E-state index contributed by atoms with van der Waals surface area (Å²) in [5.74, 6) is 0.628. The van der Waals surface area contributed by atoms with Gasteiger partial charge in [0, 0.05) is 18.3 Å². The predicted octanol–water partition coefficient (Wildman–Crippen LogP) is 3.63. The molecule has 102 valence electrons. The molecule has 1 aromatic rings. The summed E-state index contributed by atoms with van der Waals surface area (Å²) in [5, 5.41) is 0. The third-order valence-electron chi connectivity index (χ3n) is 2.76. The smallest absolute Gasteiger partial charge is 0.130 e. The van der Waals surface area contributed by atoms with Gasteiger partial charge in [-0.3, -0.25) is 0 Å². The minimum Gasteiger partial charge on any atom is -0.383 e. The number of hydrogen-bond donors (Lipinski definition) is 1. The highest BCUT2D eigenvalue weighted by atomic mass is 15.3. The molecule has 0 bridgehead atoms. The van der Waals surface area contributed by atoms with E-state index in [1.54, 1.807) is 0 Å². The number of para-hydroxylation sites is 1. The quantitative estimate of drug-likeness (QED) is 0.763. The molecule has 2 N–H and O–H groups in total. The zero-order chi connectivity index (χ0) is 14.3. The summed E-state index contributed by atoms with van der Waals surface area (Å²) in [5.41, 5.74) is 7.82. The van der Waals surface area contributed by atoms with E-state index in [1.807, 2.05) is 52.9 Å². The van der Waals surface area contributed by atoms with Crippen LogP contribution >= 0.6 is 0 Å². The minimum absolute atomic E-state index is 0.252. The monoisotopic (exact) mass is 249 g/mol. The largest absolute Gasteiger partial charge is 0.383 e. The fourth-order valence-electron chi connectivity index (χ4n) is 1.71. The van der Waals surface area contributed by atoms with Crippen LogP contribution in [0.25, 0.3) is 0 Å². The van der Waals surface area contributed by atoms with E-state index < -0.39 is 0 Å². The van der Waals surface area contributed by atoms with E-state index in [1.165, 1.54) is 0 Å². The van der Waals surface area contributed by atoms with Crippen molar-refractivity contribution in [3.8, 4) is 0 Å². The number of anilines is 1. The molecule has 3 nitrogen and oxygen atoms in total. The fraction of sp³-hybridized carbons (Fsp3) is 0.533. The highest BCUT2D eigenvalue weighted by Crippen LogP contribution is 2.31. The molecule has 1 aliphatic rings. The number of hydrogen-bond acceptors (Lipinski definition) is 3. The van der Waals surface area contributed by atoms with Gasteiger partial charge in [0.25, 0.3) is 0 Å². The lowest BCUT2D eigenvalue weighted by molar-refractivity contribution is 0.506. The van der Waals surface area contributed by atoms with E-state index in [2.05, 4.69) is 29.8 Å². The lowest BCUT2D eigenvalue weighted by atomic mass is 10.0. The van der Waals surface area contributed by atoms with E-state index in [0.29, 0.717) is 5.84 Å². The molecule has 0 saturated carbocycles. The summed E-state index contributed by atoms with van der Waals surface area (Å²) >= 11 is 0. The van der Waals surface area contributed by atoms with Gasteiger partial charge >= 0.3 is 0 Å². The van der Waals surface area contributed by atoms with Crippen molar-refractivity contribution in [3.05, 3.63) is 29.8 Å². The first-order valence-electron chi connectivity index (χ1n) is 6.71. The SMILES string of the molecule is CC.CC.CN1c2ccccc2C(N)=NC1(C)C. The Hall–Kier alpha value is -1.51. The Balaban J connectivity index is 0.000000659. The lowest BCUT2D eigenvalue weighted by Gasteiger charge is -2.38. The number of amidine groups is 1. The van der Waals surface area contributed by atoms with Crippen LogP contribution in [0.4, 0.5) is 5.69 Å². The number of nitrogens with zero attached hydrogens (tertiary/aromatic N) is 2.